The number of nitrogens with one attached hydrogen (secondary N) is 1. The molecule has 0 amide bonds. The molecule has 0 aliphatic heterocycles. The van der Waals surface area contributed by atoms with E-state index in [9.17, 15) is 5.26 Å². The van der Waals surface area contributed by atoms with Gasteiger partial charge in [0.1, 0.15) is 11.8 Å². The molecule has 19 heavy (non-hydrogen) atoms. The first kappa shape index (κ1) is 13.9. The Morgan fingerprint density at radius 3 is 2.74 bits per heavy atom. The summed E-state index contributed by atoms with van der Waals surface area (Å²) in [6.45, 7) is 2.27. The van der Waals surface area contributed by atoms with Gasteiger partial charge in [0.15, 0.2) is 0 Å². The third-order valence-electron chi connectivity index (χ3n) is 4.07. The normalized spacial score (nSPS) is 24.5. The molecular weight excluding hydrogens is 236 g/mol. The Labute approximate surface area is 115 Å². The molecule has 1 N–H and O–H groups in total. The Bertz CT molecular complexity index is 452. The Morgan fingerprint density at radius 2 is 2.05 bits per heavy atom. The molecule has 0 aromatic heterocycles. The summed E-state index contributed by atoms with van der Waals surface area (Å²) in [6.07, 6.45) is 4.98. The number of hydrogen-bond donors (Lipinski definition) is 1. The van der Waals surface area contributed by atoms with Crippen molar-refractivity contribution in [2.75, 3.05) is 7.11 Å². The third kappa shape index (κ3) is 3.27. The second-order valence-corrected chi connectivity index (χ2v) is 5.34. The predicted molar refractivity (Wildman–Crippen MR) is 75.9 cm³/mol. The van der Waals surface area contributed by atoms with Gasteiger partial charge < -0.3 is 4.74 Å². The van der Waals surface area contributed by atoms with E-state index in [1.54, 1.807) is 7.11 Å². The molecular formula is C16H22N2O. The SMILES string of the molecule is COc1ccccc1C(C#N)NC1CCCCC1C. The maximum atomic E-state index is 9.45. The molecule has 3 atom stereocenters. The van der Waals surface area contributed by atoms with Crippen molar-refractivity contribution in [3.63, 3.8) is 0 Å². The van der Waals surface area contributed by atoms with Crippen LogP contribution in [0.4, 0.5) is 0 Å². The zero-order valence-corrected chi connectivity index (χ0v) is 11.7. The van der Waals surface area contributed by atoms with Crippen LogP contribution in [0.2, 0.25) is 0 Å². The highest BCUT2D eigenvalue weighted by atomic mass is 16.5. The van der Waals surface area contributed by atoms with Crippen molar-refractivity contribution in [1.82, 2.24) is 5.32 Å². The monoisotopic (exact) mass is 258 g/mol. The van der Waals surface area contributed by atoms with Crippen LogP contribution in [-0.4, -0.2) is 13.2 Å². The standard InChI is InChI=1S/C16H22N2O/c1-12-7-3-5-9-14(12)18-15(11-17)13-8-4-6-10-16(13)19-2/h4,6,8,10,12,14-15,18H,3,5,7,9H2,1-2H3. The number of benzene rings is 1. The zero-order valence-electron chi connectivity index (χ0n) is 11.7. The lowest BCUT2D eigenvalue weighted by molar-refractivity contribution is 0.269. The molecule has 3 heteroatoms. The number of nitriles is 1. The number of rotatable bonds is 4. The van der Waals surface area contributed by atoms with Gasteiger partial charge in [-0.1, -0.05) is 38.0 Å². The Kier molecular flexibility index (Phi) is 4.81. The van der Waals surface area contributed by atoms with E-state index in [1.807, 2.05) is 24.3 Å². The van der Waals surface area contributed by atoms with Crippen molar-refractivity contribution in [1.29, 1.82) is 5.26 Å². The number of nitrogens with zero attached hydrogens (tertiary/aromatic N) is 1. The minimum absolute atomic E-state index is 0.290. The highest BCUT2D eigenvalue weighted by Gasteiger charge is 2.25. The van der Waals surface area contributed by atoms with Crippen LogP contribution in [0.1, 0.15) is 44.2 Å². The molecule has 102 valence electrons. The van der Waals surface area contributed by atoms with Gasteiger partial charge in [-0.25, -0.2) is 0 Å². The maximum absolute atomic E-state index is 9.45. The fraction of sp³-hybridized carbons (Fsp3) is 0.562. The molecule has 3 unspecified atom stereocenters. The Hall–Kier alpha value is -1.53. The molecule has 1 aromatic rings. The fourth-order valence-electron chi connectivity index (χ4n) is 2.88. The van der Waals surface area contributed by atoms with Gasteiger partial charge in [-0.2, -0.15) is 5.26 Å². The summed E-state index contributed by atoms with van der Waals surface area (Å²) in [5.41, 5.74) is 0.935. The van der Waals surface area contributed by atoms with Gasteiger partial charge in [0.2, 0.25) is 0 Å². The summed E-state index contributed by atoms with van der Waals surface area (Å²) >= 11 is 0. The van der Waals surface area contributed by atoms with Crippen LogP contribution >= 0.6 is 0 Å². The molecule has 2 rings (SSSR count). The average molecular weight is 258 g/mol. The molecule has 1 aliphatic rings. The van der Waals surface area contributed by atoms with Gasteiger partial charge in [-0.05, 0) is 24.8 Å². The largest absolute Gasteiger partial charge is 0.496 e. The molecule has 1 aliphatic carbocycles. The van der Waals surface area contributed by atoms with E-state index in [0.29, 0.717) is 12.0 Å². The maximum Gasteiger partial charge on any atom is 0.125 e. The first-order valence-electron chi connectivity index (χ1n) is 7.05. The second-order valence-electron chi connectivity index (χ2n) is 5.34. The average Bonchev–Trinajstić information content (AvgIpc) is 2.46. The van der Waals surface area contributed by atoms with Crippen LogP contribution < -0.4 is 10.1 Å². The summed E-state index contributed by atoms with van der Waals surface area (Å²) in [4.78, 5) is 0. The van der Waals surface area contributed by atoms with Crippen LogP contribution in [0.15, 0.2) is 24.3 Å². The van der Waals surface area contributed by atoms with E-state index >= 15 is 0 Å². The summed E-state index contributed by atoms with van der Waals surface area (Å²) in [5, 5.41) is 13.0. The smallest absolute Gasteiger partial charge is 0.125 e. The van der Waals surface area contributed by atoms with Gasteiger partial charge in [-0.3, -0.25) is 5.32 Å². The quantitative estimate of drug-likeness (QED) is 0.900. The van der Waals surface area contributed by atoms with Crippen molar-refractivity contribution in [2.45, 2.75) is 44.7 Å². The lowest BCUT2D eigenvalue weighted by Crippen LogP contribution is -2.39. The van der Waals surface area contributed by atoms with Crippen molar-refractivity contribution in [2.24, 2.45) is 5.92 Å². The Balaban J connectivity index is 2.14. The molecule has 0 radical (unpaired) electrons. The minimum Gasteiger partial charge on any atom is -0.496 e. The summed E-state index contributed by atoms with van der Waals surface area (Å²) in [6, 6.07) is 10.3. The molecule has 0 heterocycles. The van der Waals surface area contributed by atoms with Crippen molar-refractivity contribution >= 4 is 0 Å². The van der Waals surface area contributed by atoms with Crippen LogP contribution in [0, 0.1) is 17.2 Å². The Morgan fingerprint density at radius 1 is 1.32 bits per heavy atom. The number of methoxy groups -OCH3 is 1. The van der Waals surface area contributed by atoms with E-state index in [1.165, 1.54) is 19.3 Å². The first-order valence-corrected chi connectivity index (χ1v) is 7.05. The van der Waals surface area contributed by atoms with E-state index in [0.717, 1.165) is 17.7 Å². The second kappa shape index (κ2) is 6.58. The van der Waals surface area contributed by atoms with Crippen molar-refractivity contribution in [3.05, 3.63) is 29.8 Å². The number of ether oxygens (including phenoxy) is 1. The third-order valence-corrected chi connectivity index (χ3v) is 4.07. The van der Waals surface area contributed by atoms with E-state index in [4.69, 9.17) is 4.74 Å². The van der Waals surface area contributed by atoms with E-state index < -0.39 is 0 Å². The van der Waals surface area contributed by atoms with Crippen LogP contribution in [0.25, 0.3) is 0 Å². The zero-order chi connectivity index (χ0) is 13.7. The number of para-hydroxylation sites is 1. The van der Waals surface area contributed by atoms with Crippen LogP contribution in [0.3, 0.4) is 0 Å². The molecule has 1 aromatic carbocycles. The van der Waals surface area contributed by atoms with Gasteiger partial charge in [0.05, 0.1) is 13.2 Å². The topological polar surface area (TPSA) is 45.0 Å². The lowest BCUT2D eigenvalue weighted by Gasteiger charge is -2.31. The van der Waals surface area contributed by atoms with Gasteiger partial charge in [0.25, 0.3) is 0 Å². The summed E-state index contributed by atoms with van der Waals surface area (Å²) in [5.74, 6) is 1.42. The molecule has 1 saturated carbocycles. The lowest BCUT2D eigenvalue weighted by atomic mass is 9.85. The summed E-state index contributed by atoms with van der Waals surface area (Å²) in [7, 11) is 1.65. The minimum atomic E-state index is -0.290. The van der Waals surface area contributed by atoms with Gasteiger partial charge >= 0.3 is 0 Å². The van der Waals surface area contributed by atoms with E-state index in [-0.39, 0.29) is 6.04 Å². The van der Waals surface area contributed by atoms with Gasteiger partial charge in [-0.15, -0.1) is 0 Å². The van der Waals surface area contributed by atoms with Crippen LogP contribution in [0.5, 0.6) is 5.75 Å². The molecule has 3 nitrogen and oxygen atoms in total. The first-order chi connectivity index (χ1) is 9.26. The van der Waals surface area contributed by atoms with E-state index in [2.05, 4.69) is 18.3 Å². The molecule has 0 spiro atoms. The van der Waals surface area contributed by atoms with Gasteiger partial charge in [0, 0.05) is 11.6 Å². The van der Waals surface area contributed by atoms with Crippen LogP contribution in [-0.2, 0) is 0 Å². The summed E-state index contributed by atoms with van der Waals surface area (Å²) < 4.78 is 5.35. The van der Waals surface area contributed by atoms with Crippen molar-refractivity contribution in [3.8, 4) is 11.8 Å². The molecule has 0 bridgehead atoms. The predicted octanol–water partition coefficient (Wildman–Crippen LogP) is 3.43. The number of hydrogen-bond acceptors (Lipinski definition) is 3. The van der Waals surface area contributed by atoms with Crippen molar-refractivity contribution < 1.29 is 4.74 Å². The fourth-order valence-corrected chi connectivity index (χ4v) is 2.88. The highest BCUT2D eigenvalue weighted by Crippen LogP contribution is 2.29. The molecule has 0 saturated heterocycles. The molecule has 1 fully saturated rings. The highest BCUT2D eigenvalue weighted by molar-refractivity contribution is 5.38.